The Labute approximate surface area is 124 Å². The molecular formula is C13H15ClF5NO. The second kappa shape index (κ2) is 7.68. The minimum atomic E-state index is -4.16. The zero-order chi connectivity index (χ0) is 16.0. The lowest BCUT2D eigenvalue weighted by Gasteiger charge is -2.16. The van der Waals surface area contributed by atoms with E-state index in [9.17, 15) is 22.0 Å². The molecule has 0 heterocycles. The van der Waals surface area contributed by atoms with Gasteiger partial charge < -0.3 is 10.1 Å². The topological polar surface area (TPSA) is 21.3 Å². The van der Waals surface area contributed by atoms with Crippen molar-refractivity contribution >= 4 is 17.3 Å². The molecule has 2 nitrogen and oxygen atoms in total. The van der Waals surface area contributed by atoms with Crippen molar-refractivity contribution in [2.75, 3.05) is 5.32 Å². The van der Waals surface area contributed by atoms with Gasteiger partial charge in [-0.25, -0.2) is 0 Å². The number of nitrogens with one attached hydrogen (secondary N) is 1. The molecule has 0 bridgehead atoms. The van der Waals surface area contributed by atoms with Crippen LogP contribution in [0.2, 0.25) is 5.02 Å². The van der Waals surface area contributed by atoms with Crippen molar-refractivity contribution < 1.29 is 26.7 Å². The van der Waals surface area contributed by atoms with E-state index < -0.39 is 19.2 Å². The highest BCUT2D eigenvalue weighted by molar-refractivity contribution is 6.32. The molecule has 0 aliphatic rings. The first-order chi connectivity index (χ1) is 9.67. The van der Waals surface area contributed by atoms with Crippen molar-refractivity contribution in [2.45, 2.75) is 45.0 Å². The molecule has 1 aromatic rings. The summed E-state index contributed by atoms with van der Waals surface area (Å²) in [7, 11) is 0. The average Bonchev–Trinajstić information content (AvgIpc) is 2.30. The highest BCUT2D eigenvalue weighted by atomic mass is 35.5. The van der Waals surface area contributed by atoms with E-state index in [4.69, 9.17) is 11.6 Å². The van der Waals surface area contributed by atoms with E-state index in [2.05, 4.69) is 10.1 Å². The van der Waals surface area contributed by atoms with Gasteiger partial charge in [-0.3, -0.25) is 0 Å². The Morgan fingerprint density at radius 3 is 2.48 bits per heavy atom. The van der Waals surface area contributed by atoms with Crippen LogP contribution in [0.15, 0.2) is 18.2 Å². The van der Waals surface area contributed by atoms with E-state index in [1.165, 1.54) is 18.2 Å². The second-order valence-corrected chi connectivity index (χ2v) is 4.98. The highest BCUT2D eigenvalue weighted by Crippen LogP contribution is 2.29. The number of anilines is 1. The maximum absolute atomic E-state index is 12.1. The third-order valence-electron chi connectivity index (χ3n) is 2.66. The van der Waals surface area contributed by atoms with Crippen molar-refractivity contribution in [3.63, 3.8) is 0 Å². The molecule has 0 fully saturated rings. The smallest absolute Gasteiger partial charge is 0.389 e. The van der Waals surface area contributed by atoms with Crippen molar-refractivity contribution in [1.82, 2.24) is 0 Å². The van der Waals surface area contributed by atoms with Crippen LogP contribution in [0.5, 0.6) is 5.75 Å². The van der Waals surface area contributed by atoms with Gasteiger partial charge in [0.2, 0.25) is 0 Å². The maximum atomic E-state index is 12.1. The molecule has 21 heavy (non-hydrogen) atoms. The number of halogens is 6. The lowest BCUT2D eigenvalue weighted by Crippen LogP contribution is -2.16. The first-order valence-electron chi connectivity index (χ1n) is 6.25. The van der Waals surface area contributed by atoms with Gasteiger partial charge in [-0.1, -0.05) is 11.6 Å². The minimum absolute atomic E-state index is 0.00258. The fraction of sp³-hybridized carbons (Fsp3) is 0.538. The predicted octanol–water partition coefficient (Wildman–Crippen LogP) is 5.47. The Balaban J connectivity index is 2.49. The highest BCUT2D eigenvalue weighted by Gasteiger charge is 2.26. The normalized spacial score (nSPS) is 13.3. The van der Waals surface area contributed by atoms with Gasteiger partial charge in [0, 0.05) is 18.2 Å². The molecule has 0 saturated carbocycles. The first-order valence-corrected chi connectivity index (χ1v) is 6.63. The van der Waals surface area contributed by atoms with Crippen molar-refractivity contribution in [3.8, 4) is 5.75 Å². The summed E-state index contributed by atoms with van der Waals surface area (Å²) in [5, 5.41) is 2.96. The fourth-order valence-corrected chi connectivity index (χ4v) is 1.97. The summed E-state index contributed by atoms with van der Waals surface area (Å²) in [6.45, 7) is -1.24. The van der Waals surface area contributed by atoms with Crippen molar-refractivity contribution in [1.29, 1.82) is 0 Å². The summed E-state index contributed by atoms with van der Waals surface area (Å²) in [6, 6.07) is 3.94. The molecule has 1 N–H and O–H groups in total. The Morgan fingerprint density at radius 1 is 1.29 bits per heavy atom. The number of benzene rings is 1. The Morgan fingerprint density at radius 2 is 1.95 bits per heavy atom. The lowest BCUT2D eigenvalue weighted by atomic mass is 10.1. The van der Waals surface area contributed by atoms with Crippen LogP contribution in [0.3, 0.4) is 0 Å². The van der Waals surface area contributed by atoms with Crippen LogP contribution in [0.1, 0.15) is 26.2 Å². The van der Waals surface area contributed by atoms with E-state index in [1.807, 2.05) is 0 Å². The van der Waals surface area contributed by atoms with E-state index in [0.717, 1.165) is 0 Å². The minimum Gasteiger partial charge on any atom is -0.433 e. The molecule has 0 spiro atoms. The van der Waals surface area contributed by atoms with Crippen LogP contribution in [0.4, 0.5) is 27.6 Å². The van der Waals surface area contributed by atoms with Crippen LogP contribution in [-0.2, 0) is 0 Å². The second-order valence-electron chi connectivity index (χ2n) is 4.58. The summed E-state index contributed by atoms with van der Waals surface area (Å²) < 4.78 is 64.4. The zero-order valence-electron chi connectivity index (χ0n) is 11.2. The molecule has 0 amide bonds. The summed E-state index contributed by atoms with van der Waals surface area (Å²) in [5.74, 6) is -0.151. The van der Waals surface area contributed by atoms with E-state index in [0.29, 0.717) is 12.1 Å². The molecule has 1 atom stereocenters. The van der Waals surface area contributed by atoms with E-state index in [-0.39, 0.29) is 23.2 Å². The molecule has 0 saturated heterocycles. The van der Waals surface area contributed by atoms with Crippen molar-refractivity contribution in [3.05, 3.63) is 23.2 Å². The molecule has 0 aliphatic heterocycles. The molecule has 8 heteroatoms. The molecule has 0 aliphatic carbocycles. The largest absolute Gasteiger partial charge is 0.433 e. The molecule has 1 rings (SSSR count). The monoisotopic (exact) mass is 331 g/mol. The summed E-state index contributed by atoms with van der Waals surface area (Å²) in [6.07, 6.45) is -4.65. The Hall–Kier alpha value is -1.24. The summed E-state index contributed by atoms with van der Waals surface area (Å²) >= 11 is 5.77. The van der Waals surface area contributed by atoms with Crippen LogP contribution in [0.25, 0.3) is 0 Å². The number of ether oxygens (including phenoxy) is 1. The number of hydrogen-bond donors (Lipinski definition) is 1. The van der Waals surface area contributed by atoms with Crippen LogP contribution in [0, 0.1) is 0 Å². The van der Waals surface area contributed by atoms with Gasteiger partial charge >= 0.3 is 12.8 Å². The summed E-state index contributed by atoms with van der Waals surface area (Å²) in [4.78, 5) is 0. The number of alkyl halides is 5. The fourth-order valence-electron chi connectivity index (χ4n) is 1.75. The third-order valence-corrected chi connectivity index (χ3v) is 2.95. The first kappa shape index (κ1) is 17.8. The van der Waals surface area contributed by atoms with Crippen LogP contribution < -0.4 is 10.1 Å². The van der Waals surface area contributed by atoms with Gasteiger partial charge in [0.1, 0.15) is 5.75 Å². The lowest BCUT2D eigenvalue weighted by molar-refractivity contribution is -0.135. The van der Waals surface area contributed by atoms with Gasteiger partial charge in [0.15, 0.2) is 0 Å². The Bertz CT molecular complexity index is 453. The molecule has 1 aromatic carbocycles. The van der Waals surface area contributed by atoms with Gasteiger partial charge in [-0.15, -0.1) is 0 Å². The van der Waals surface area contributed by atoms with Crippen molar-refractivity contribution in [2.24, 2.45) is 0 Å². The van der Waals surface area contributed by atoms with Gasteiger partial charge in [0.25, 0.3) is 0 Å². The molecule has 1 unspecified atom stereocenters. The third kappa shape index (κ3) is 7.36. The standard InChI is InChI=1S/C13H15ClF5NO/c1-8(3-2-6-13(17,18)19)20-9-4-5-11(10(14)7-9)21-12(15)16/h4-5,7-8,12,20H,2-3,6H2,1H3. The number of hydrogen-bond acceptors (Lipinski definition) is 2. The van der Waals surface area contributed by atoms with E-state index >= 15 is 0 Å². The average molecular weight is 332 g/mol. The molecular weight excluding hydrogens is 317 g/mol. The van der Waals surface area contributed by atoms with Gasteiger partial charge in [-0.05, 0) is 38.0 Å². The zero-order valence-corrected chi connectivity index (χ0v) is 11.9. The quantitative estimate of drug-likeness (QED) is 0.668. The predicted molar refractivity (Wildman–Crippen MR) is 71.1 cm³/mol. The molecule has 0 radical (unpaired) electrons. The molecule has 0 aromatic heterocycles. The summed E-state index contributed by atoms with van der Waals surface area (Å²) in [5.41, 5.74) is 0.529. The van der Waals surface area contributed by atoms with Gasteiger partial charge in [0.05, 0.1) is 5.02 Å². The molecule has 120 valence electrons. The van der Waals surface area contributed by atoms with Gasteiger partial charge in [-0.2, -0.15) is 22.0 Å². The van der Waals surface area contributed by atoms with Crippen LogP contribution >= 0.6 is 11.6 Å². The van der Waals surface area contributed by atoms with E-state index in [1.54, 1.807) is 6.92 Å². The maximum Gasteiger partial charge on any atom is 0.389 e. The SMILES string of the molecule is CC(CCCC(F)(F)F)Nc1ccc(OC(F)F)c(Cl)c1. The Kier molecular flexibility index (Phi) is 6.51. The van der Waals surface area contributed by atoms with Crippen LogP contribution in [-0.4, -0.2) is 18.8 Å². The number of rotatable bonds is 7.